The Morgan fingerprint density at radius 2 is 1.52 bits per heavy atom. The number of carbonyl (C=O) groups is 1. The molecular formula is C21H17Cl2NO4S. The van der Waals surface area contributed by atoms with Crippen LogP contribution in [0.2, 0.25) is 10.0 Å². The van der Waals surface area contributed by atoms with Gasteiger partial charge in [-0.3, -0.25) is 4.31 Å². The zero-order chi connectivity index (χ0) is 20.9. The Hall–Kier alpha value is -2.54. The lowest BCUT2D eigenvalue weighted by Crippen LogP contribution is -2.34. The van der Waals surface area contributed by atoms with Crippen LogP contribution in [-0.4, -0.2) is 27.5 Å². The third kappa shape index (κ3) is 5.09. The number of nitrogens with zero attached hydrogens (tertiary/aromatic N) is 1. The van der Waals surface area contributed by atoms with Crippen molar-refractivity contribution in [1.82, 2.24) is 0 Å². The third-order valence-corrected chi connectivity index (χ3v) is 6.43. The summed E-state index contributed by atoms with van der Waals surface area (Å²) in [4.78, 5) is 12.3. The number of rotatable bonds is 7. The molecule has 150 valence electrons. The second-order valence-corrected chi connectivity index (χ2v) is 8.69. The topological polar surface area (TPSA) is 63.7 Å². The van der Waals surface area contributed by atoms with Gasteiger partial charge in [-0.15, -0.1) is 0 Å². The van der Waals surface area contributed by atoms with Crippen LogP contribution < -0.4 is 4.31 Å². The minimum absolute atomic E-state index is 0.0884. The Balaban J connectivity index is 1.87. The monoisotopic (exact) mass is 449 g/mol. The number of carbonyl (C=O) groups excluding carboxylic acids is 1. The Labute approximate surface area is 179 Å². The smallest absolute Gasteiger partial charge is 0.338 e. The molecule has 3 rings (SSSR count). The summed E-state index contributed by atoms with van der Waals surface area (Å²) in [6, 6.07) is 20.9. The summed E-state index contributed by atoms with van der Waals surface area (Å²) in [7, 11) is -3.96. The maximum Gasteiger partial charge on any atom is 0.338 e. The van der Waals surface area contributed by atoms with E-state index < -0.39 is 16.0 Å². The molecule has 0 radical (unpaired) electrons. The van der Waals surface area contributed by atoms with E-state index in [2.05, 4.69) is 0 Å². The van der Waals surface area contributed by atoms with Crippen molar-refractivity contribution in [3.63, 3.8) is 0 Å². The largest absolute Gasteiger partial charge is 0.460 e. The van der Waals surface area contributed by atoms with Crippen LogP contribution in [0.4, 0.5) is 5.69 Å². The fourth-order valence-corrected chi connectivity index (χ4v) is 4.56. The zero-order valence-electron chi connectivity index (χ0n) is 15.2. The first-order valence-corrected chi connectivity index (χ1v) is 10.8. The molecule has 5 nitrogen and oxygen atoms in total. The van der Waals surface area contributed by atoms with Gasteiger partial charge < -0.3 is 4.74 Å². The van der Waals surface area contributed by atoms with Gasteiger partial charge in [0, 0.05) is 5.02 Å². The van der Waals surface area contributed by atoms with Gasteiger partial charge in [-0.25, -0.2) is 13.2 Å². The van der Waals surface area contributed by atoms with Crippen molar-refractivity contribution in [2.45, 2.75) is 4.90 Å². The average Bonchev–Trinajstić information content (AvgIpc) is 2.74. The van der Waals surface area contributed by atoms with Gasteiger partial charge in [0.2, 0.25) is 0 Å². The molecular weight excluding hydrogens is 433 g/mol. The highest BCUT2D eigenvalue weighted by molar-refractivity contribution is 7.92. The van der Waals surface area contributed by atoms with Gasteiger partial charge in [-0.1, -0.05) is 59.6 Å². The van der Waals surface area contributed by atoms with E-state index in [0.29, 0.717) is 10.6 Å². The third-order valence-electron chi connectivity index (χ3n) is 4.05. The molecule has 3 aromatic carbocycles. The number of anilines is 1. The van der Waals surface area contributed by atoms with E-state index in [1.807, 2.05) is 0 Å². The molecule has 0 spiro atoms. The predicted molar refractivity (Wildman–Crippen MR) is 114 cm³/mol. The molecule has 0 saturated carbocycles. The maximum atomic E-state index is 13.2. The number of ether oxygens (including phenoxy) is 1. The average molecular weight is 450 g/mol. The molecule has 0 saturated heterocycles. The molecule has 0 amide bonds. The maximum absolute atomic E-state index is 13.2. The molecule has 0 atom stereocenters. The molecule has 0 aliphatic heterocycles. The van der Waals surface area contributed by atoms with Crippen LogP contribution in [0, 0.1) is 0 Å². The molecule has 0 aliphatic rings. The molecule has 29 heavy (non-hydrogen) atoms. The van der Waals surface area contributed by atoms with E-state index in [4.69, 9.17) is 27.9 Å². The highest BCUT2D eigenvalue weighted by Crippen LogP contribution is 2.32. The van der Waals surface area contributed by atoms with Crippen molar-refractivity contribution in [3.8, 4) is 0 Å². The van der Waals surface area contributed by atoms with Crippen LogP contribution in [0.15, 0.2) is 83.8 Å². The second-order valence-electron chi connectivity index (χ2n) is 5.99. The van der Waals surface area contributed by atoms with Gasteiger partial charge in [0.25, 0.3) is 10.0 Å². The molecule has 3 aromatic rings. The van der Waals surface area contributed by atoms with Crippen molar-refractivity contribution >= 4 is 44.9 Å². The highest BCUT2D eigenvalue weighted by atomic mass is 35.5. The van der Waals surface area contributed by atoms with Crippen LogP contribution in [0.5, 0.6) is 0 Å². The molecule has 0 heterocycles. The summed E-state index contributed by atoms with van der Waals surface area (Å²) in [5, 5.41) is 0.544. The Morgan fingerprint density at radius 3 is 2.17 bits per heavy atom. The van der Waals surface area contributed by atoms with Crippen LogP contribution in [0.1, 0.15) is 10.4 Å². The van der Waals surface area contributed by atoms with Crippen LogP contribution in [0.25, 0.3) is 0 Å². The predicted octanol–water partition coefficient (Wildman–Crippen LogP) is 5.05. The number of hydrogen-bond acceptors (Lipinski definition) is 4. The van der Waals surface area contributed by atoms with E-state index in [-0.39, 0.29) is 28.8 Å². The van der Waals surface area contributed by atoms with Gasteiger partial charge in [0.05, 0.1) is 27.7 Å². The molecule has 0 bridgehead atoms. The Bertz CT molecular complexity index is 1090. The Kier molecular flexibility index (Phi) is 6.79. The minimum Gasteiger partial charge on any atom is -0.460 e. The molecule has 0 unspecified atom stereocenters. The van der Waals surface area contributed by atoms with Gasteiger partial charge in [0.15, 0.2) is 0 Å². The molecule has 0 aliphatic carbocycles. The van der Waals surface area contributed by atoms with E-state index in [9.17, 15) is 13.2 Å². The van der Waals surface area contributed by atoms with E-state index in [0.717, 1.165) is 4.31 Å². The summed E-state index contributed by atoms with van der Waals surface area (Å²) in [5.41, 5.74) is 0.588. The summed E-state index contributed by atoms with van der Waals surface area (Å²) in [6.07, 6.45) is 0. The van der Waals surface area contributed by atoms with Crippen LogP contribution in [0.3, 0.4) is 0 Å². The van der Waals surface area contributed by atoms with Crippen molar-refractivity contribution in [2.75, 3.05) is 17.5 Å². The summed E-state index contributed by atoms with van der Waals surface area (Å²) in [6.45, 7) is -0.293. The molecule has 8 heteroatoms. The van der Waals surface area contributed by atoms with Crippen molar-refractivity contribution in [2.24, 2.45) is 0 Å². The normalized spacial score (nSPS) is 11.1. The lowest BCUT2D eigenvalue weighted by Gasteiger charge is -2.25. The number of sulfonamides is 1. The number of esters is 1. The standard InChI is InChI=1S/C21H17Cl2NO4S/c22-17-11-12-19(23)20(15-17)24(29(26,27)18-9-5-2-6-10-18)13-14-28-21(25)16-7-3-1-4-8-16/h1-12,15H,13-14H2. The van der Waals surface area contributed by atoms with Gasteiger partial charge >= 0.3 is 5.97 Å². The number of hydrogen-bond donors (Lipinski definition) is 0. The van der Waals surface area contributed by atoms with Crippen molar-refractivity contribution in [1.29, 1.82) is 0 Å². The van der Waals surface area contributed by atoms with Gasteiger partial charge in [0.1, 0.15) is 6.61 Å². The number of halogens is 2. The fourth-order valence-electron chi connectivity index (χ4n) is 2.65. The molecule has 0 aromatic heterocycles. The first-order chi connectivity index (χ1) is 13.9. The lowest BCUT2D eigenvalue weighted by molar-refractivity contribution is 0.0517. The second kappa shape index (κ2) is 9.31. The zero-order valence-corrected chi connectivity index (χ0v) is 17.5. The lowest BCUT2D eigenvalue weighted by atomic mass is 10.2. The first-order valence-electron chi connectivity index (χ1n) is 8.64. The highest BCUT2D eigenvalue weighted by Gasteiger charge is 2.27. The molecule has 0 N–H and O–H groups in total. The van der Waals surface area contributed by atoms with Crippen LogP contribution >= 0.6 is 23.2 Å². The van der Waals surface area contributed by atoms with Gasteiger partial charge in [-0.05, 0) is 42.5 Å². The fraction of sp³-hybridized carbons (Fsp3) is 0.0952. The number of benzene rings is 3. The van der Waals surface area contributed by atoms with Crippen molar-refractivity contribution < 1.29 is 17.9 Å². The summed E-state index contributed by atoms with van der Waals surface area (Å²) < 4.78 is 32.8. The van der Waals surface area contributed by atoms with Gasteiger partial charge in [-0.2, -0.15) is 0 Å². The Morgan fingerprint density at radius 1 is 0.897 bits per heavy atom. The van der Waals surface area contributed by atoms with E-state index in [1.54, 1.807) is 54.6 Å². The first kappa shape index (κ1) is 21.2. The summed E-state index contributed by atoms with van der Waals surface area (Å²) >= 11 is 12.3. The van der Waals surface area contributed by atoms with Crippen LogP contribution in [-0.2, 0) is 14.8 Å². The quantitative estimate of drug-likeness (QED) is 0.473. The SMILES string of the molecule is O=C(OCCN(c1cc(Cl)ccc1Cl)S(=O)(=O)c1ccccc1)c1ccccc1. The van der Waals surface area contributed by atoms with E-state index >= 15 is 0 Å². The van der Waals surface area contributed by atoms with Crippen molar-refractivity contribution in [3.05, 3.63) is 94.5 Å². The molecule has 0 fully saturated rings. The minimum atomic E-state index is -3.96. The summed E-state index contributed by atoms with van der Waals surface area (Å²) in [5.74, 6) is -0.542. The van der Waals surface area contributed by atoms with E-state index in [1.165, 1.54) is 24.3 Å².